The average molecular weight is 279 g/mol. The number of methoxy groups -OCH3 is 1. The molecule has 0 aromatic carbocycles. The molecule has 0 atom stereocenters. The summed E-state index contributed by atoms with van der Waals surface area (Å²) in [5, 5.41) is 0.760. The first-order chi connectivity index (χ1) is 7.86. The first-order valence-electron chi connectivity index (χ1n) is 4.85. The number of pyridine rings is 2. The molecule has 0 aliphatic rings. The molecule has 0 radical (unpaired) electrons. The van der Waals surface area contributed by atoms with Crippen LogP contribution >= 0.6 is 15.9 Å². The first kappa shape index (κ1) is 11.1. The van der Waals surface area contributed by atoms with Crippen LogP contribution in [0.3, 0.4) is 0 Å². The largest absolute Gasteiger partial charge is 0.481 e. The van der Waals surface area contributed by atoms with E-state index in [2.05, 4.69) is 25.9 Å². The number of rotatable bonds is 3. The molecule has 2 aromatic rings. The molecule has 4 heteroatoms. The highest BCUT2D eigenvalue weighted by molar-refractivity contribution is 9.08. The van der Waals surface area contributed by atoms with Gasteiger partial charge in [0.15, 0.2) is 0 Å². The normalized spacial score (nSPS) is 10.1. The molecule has 2 aromatic heterocycles. The van der Waals surface area contributed by atoms with E-state index < -0.39 is 0 Å². The van der Waals surface area contributed by atoms with Gasteiger partial charge in [-0.3, -0.25) is 4.98 Å². The zero-order valence-electron chi connectivity index (χ0n) is 8.85. The van der Waals surface area contributed by atoms with E-state index in [1.54, 1.807) is 19.5 Å². The summed E-state index contributed by atoms with van der Waals surface area (Å²) >= 11 is 3.47. The fraction of sp³-hybridized carbons (Fsp3) is 0.167. The Balaban J connectivity index is 2.62. The quantitative estimate of drug-likeness (QED) is 0.810. The molecule has 0 N–H and O–H groups in total. The van der Waals surface area contributed by atoms with Crippen LogP contribution in [0.4, 0.5) is 0 Å². The lowest BCUT2D eigenvalue weighted by molar-refractivity contribution is 0.399. The van der Waals surface area contributed by atoms with Crippen molar-refractivity contribution in [3.05, 3.63) is 42.4 Å². The van der Waals surface area contributed by atoms with Gasteiger partial charge >= 0.3 is 0 Å². The van der Waals surface area contributed by atoms with E-state index in [9.17, 15) is 0 Å². The van der Waals surface area contributed by atoms with Crippen LogP contribution in [0, 0.1) is 0 Å². The van der Waals surface area contributed by atoms with Gasteiger partial charge in [-0.1, -0.05) is 22.0 Å². The maximum absolute atomic E-state index is 5.28. The van der Waals surface area contributed by atoms with Crippen molar-refractivity contribution in [1.29, 1.82) is 0 Å². The average Bonchev–Trinajstić information content (AvgIpc) is 2.38. The molecule has 0 saturated carbocycles. The fourth-order valence-electron chi connectivity index (χ4n) is 1.57. The van der Waals surface area contributed by atoms with Crippen molar-refractivity contribution in [3.8, 4) is 17.0 Å². The van der Waals surface area contributed by atoms with Gasteiger partial charge in [0.25, 0.3) is 0 Å². The summed E-state index contributed by atoms with van der Waals surface area (Å²) in [7, 11) is 1.63. The van der Waals surface area contributed by atoms with Gasteiger partial charge in [0.1, 0.15) is 0 Å². The number of halogens is 1. The summed E-state index contributed by atoms with van der Waals surface area (Å²) in [5.41, 5.74) is 3.15. The lowest BCUT2D eigenvalue weighted by Crippen LogP contribution is -1.95. The highest BCUT2D eigenvalue weighted by Crippen LogP contribution is 2.31. The van der Waals surface area contributed by atoms with E-state index in [1.807, 2.05) is 24.4 Å². The lowest BCUT2D eigenvalue weighted by Gasteiger charge is -2.10. The highest BCUT2D eigenvalue weighted by Gasteiger charge is 2.11. The standard InChI is InChI=1S/C12H11BrN2O/c1-16-12-11(9(7-13)4-6-15-12)10-3-2-5-14-8-10/h2-6,8H,7H2,1H3. The molecule has 16 heavy (non-hydrogen) atoms. The predicted octanol–water partition coefficient (Wildman–Crippen LogP) is 3.05. The molecular weight excluding hydrogens is 268 g/mol. The smallest absolute Gasteiger partial charge is 0.221 e. The Morgan fingerprint density at radius 1 is 1.31 bits per heavy atom. The minimum atomic E-state index is 0.630. The van der Waals surface area contributed by atoms with Gasteiger partial charge < -0.3 is 4.74 Å². The van der Waals surface area contributed by atoms with E-state index in [-0.39, 0.29) is 0 Å². The van der Waals surface area contributed by atoms with Gasteiger partial charge in [-0.15, -0.1) is 0 Å². The van der Waals surface area contributed by atoms with E-state index in [1.165, 1.54) is 0 Å². The number of nitrogens with zero attached hydrogens (tertiary/aromatic N) is 2. The van der Waals surface area contributed by atoms with Gasteiger partial charge in [0, 0.05) is 35.0 Å². The van der Waals surface area contributed by atoms with Crippen LogP contribution in [0.5, 0.6) is 5.88 Å². The second kappa shape index (κ2) is 5.07. The third-order valence-electron chi connectivity index (χ3n) is 2.29. The SMILES string of the molecule is COc1nccc(CBr)c1-c1cccnc1. The van der Waals surface area contributed by atoms with Crippen molar-refractivity contribution in [1.82, 2.24) is 9.97 Å². The number of aromatic nitrogens is 2. The lowest BCUT2D eigenvalue weighted by atomic mass is 10.0. The Hall–Kier alpha value is -1.42. The van der Waals surface area contributed by atoms with Crippen LogP contribution in [-0.2, 0) is 5.33 Å². The van der Waals surface area contributed by atoms with Crippen molar-refractivity contribution in [3.63, 3.8) is 0 Å². The molecule has 0 unspecified atom stereocenters. The highest BCUT2D eigenvalue weighted by atomic mass is 79.9. The molecule has 0 bridgehead atoms. The van der Waals surface area contributed by atoms with Gasteiger partial charge in [0.05, 0.1) is 7.11 Å². The zero-order chi connectivity index (χ0) is 11.4. The summed E-state index contributed by atoms with van der Waals surface area (Å²) in [6.45, 7) is 0. The minimum Gasteiger partial charge on any atom is -0.481 e. The number of hydrogen-bond donors (Lipinski definition) is 0. The molecule has 0 spiro atoms. The van der Waals surface area contributed by atoms with Gasteiger partial charge in [0.2, 0.25) is 5.88 Å². The van der Waals surface area contributed by atoms with Crippen molar-refractivity contribution in [2.75, 3.05) is 7.11 Å². The fourth-order valence-corrected chi connectivity index (χ4v) is 2.03. The monoisotopic (exact) mass is 278 g/mol. The van der Waals surface area contributed by atoms with Crippen LogP contribution in [-0.4, -0.2) is 17.1 Å². The van der Waals surface area contributed by atoms with Gasteiger partial charge in [-0.05, 0) is 17.7 Å². The number of hydrogen-bond acceptors (Lipinski definition) is 3. The Kier molecular flexibility index (Phi) is 3.51. The molecule has 0 aliphatic carbocycles. The molecule has 2 heterocycles. The summed E-state index contributed by atoms with van der Waals surface area (Å²) in [4.78, 5) is 8.32. The minimum absolute atomic E-state index is 0.630. The van der Waals surface area contributed by atoms with Crippen LogP contribution in [0.25, 0.3) is 11.1 Å². The summed E-state index contributed by atoms with van der Waals surface area (Å²) < 4.78 is 5.28. The first-order valence-corrected chi connectivity index (χ1v) is 5.97. The van der Waals surface area contributed by atoms with Gasteiger partial charge in [-0.25, -0.2) is 4.98 Å². The van der Waals surface area contributed by atoms with Crippen LogP contribution in [0.15, 0.2) is 36.8 Å². The van der Waals surface area contributed by atoms with Gasteiger partial charge in [-0.2, -0.15) is 0 Å². The molecule has 0 fully saturated rings. The molecule has 3 nitrogen and oxygen atoms in total. The topological polar surface area (TPSA) is 35.0 Å². The van der Waals surface area contributed by atoms with E-state index in [0.717, 1.165) is 22.0 Å². The zero-order valence-corrected chi connectivity index (χ0v) is 10.4. The summed E-state index contributed by atoms with van der Waals surface area (Å²) in [6, 6.07) is 5.87. The molecule has 0 aliphatic heterocycles. The Labute approximate surface area is 103 Å². The third-order valence-corrected chi connectivity index (χ3v) is 2.89. The molecule has 0 amide bonds. The Bertz CT molecular complexity index is 451. The molecular formula is C12H11BrN2O. The van der Waals surface area contributed by atoms with Crippen LogP contribution in [0.2, 0.25) is 0 Å². The Morgan fingerprint density at radius 3 is 2.81 bits per heavy atom. The molecule has 0 saturated heterocycles. The second-order valence-corrected chi connectivity index (χ2v) is 3.79. The summed E-state index contributed by atoms with van der Waals surface area (Å²) in [6.07, 6.45) is 5.31. The van der Waals surface area contributed by atoms with E-state index >= 15 is 0 Å². The Morgan fingerprint density at radius 2 is 2.19 bits per heavy atom. The van der Waals surface area contributed by atoms with E-state index in [0.29, 0.717) is 5.88 Å². The van der Waals surface area contributed by atoms with Crippen LogP contribution < -0.4 is 4.74 Å². The van der Waals surface area contributed by atoms with Crippen molar-refractivity contribution in [2.45, 2.75) is 5.33 Å². The predicted molar refractivity (Wildman–Crippen MR) is 66.7 cm³/mol. The van der Waals surface area contributed by atoms with Crippen molar-refractivity contribution < 1.29 is 4.74 Å². The molecule has 2 rings (SSSR count). The van der Waals surface area contributed by atoms with Crippen LogP contribution in [0.1, 0.15) is 5.56 Å². The second-order valence-electron chi connectivity index (χ2n) is 3.23. The molecule has 82 valence electrons. The van der Waals surface area contributed by atoms with E-state index in [4.69, 9.17) is 4.74 Å². The maximum atomic E-state index is 5.28. The van der Waals surface area contributed by atoms with Crippen molar-refractivity contribution >= 4 is 15.9 Å². The number of ether oxygens (including phenoxy) is 1. The number of alkyl halides is 1. The van der Waals surface area contributed by atoms with Crippen molar-refractivity contribution in [2.24, 2.45) is 0 Å². The summed E-state index contributed by atoms with van der Waals surface area (Å²) in [5.74, 6) is 0.630. The third kappa shape index (κ3) is 2.07. The maximum Gasteiger partial charge on any atom is 0.221 e.